The first kappa shape index (κ1) is 13.7. The molecule has 0 saturated carbocycles. The van der Waals surface area contributed by atoms with Crippen molar-refractivity contribution in [3.05, 3.63) is 23.2 Å². The van der Waals surface area contributed by atoms with E-state index in [-0.39, 0.29) is 5.76 Å². The van der Waals surface area contributed by atoms with Crippen molar-refractivity contribution >= 4 is 5.97 Å². The molecule has 0 aliphatic heterocycles. The summed E-state index contributed by atoms with van der Waals surface area (Å²) in [4.78, 5) is 10.7. The normalized spacial score (nSPS) is 12.6. The summed E-state index contributed by atoms with van der Waals surface area (Å²) in [5, 5.41) is 12.1. The molecule has 5 heteroatoms. The number of aromatic carboxylic acids is 1. The molecule has 17 heavy (non-hydrogen) atoms. The molecule has 0 spiro atoms. The van der Waals surface area contributed by atoms with Gasteiger partial charge in [0.1, 0.15) is 5.76 Å². The fraction of sp³-hybridized carbons (Fsp3) is 0.583. The smallest absolute Gasteiger partial charge is 0.371 e. The van der Waals surface area contributed by atoms with Crippen molar-refractivity contribution in [2.45, 2.75) is 32.9 Å². The fourth-order valence-electron chi connectivity index (χ4n) is 1.48. The molecule has 96 valence electrons. The van der Waals surface area contributed by atoms with E-state index >= 15 is 0 Å². The lowest BCUT2D eigenvalue weighted by Gasteiger charge is -2.12. The van der Waals surface area contributed by atoms with Gasteiger partial charge in [-0.15, -0.1) is 0 Å². The Labute approximate surface area is 101 Å². The van der Waals surface area contributed by atoms with Gasteiger partial charge in [0.05, 0.1) is 0 Å². The Bertz CT molecular complexity index is 373. The number of carboxylic acid groups (broad SMARTS) is 1. The molecule has 1 aromatic rings. The summed E-state index contributed by atoms with van der Waals surface area (Å²) in [7, 11) is 1.67. The average molecular weight is 241 g/mol. The van der Waals surface area contributed by atoms with Gasteiger partial charge in [-0.2, -0.15) is 0 Å². The Kier molecular flexibility index (Phi) is 5.18. The summed E-state index contributed by atoms with van der Waals surface area (Å²) in [5.41, 5.74) is 0.881. The van der Waals surface area contributed by atoms with Crippen molar-refractivity contribution < 1.29 is 19.1 Å². The average Bonchev–Trinajstić information content (AvgIpc) is 2.65. The number of nitrogens with one attached hydrogen (secondary N) is 1. The van der Waals surface area contributed by atoms with Gasteiger partial charge in [0.25, 0.3) is 0 Å². The van der Waals surface area contributed by atoms with Crippen LogP contribution >= 0.6 is 0 Å². The molecule has 1 rings (SSSR count). The third kappa shape index (κ3) is 4.20. The molecule has 0 aliphatic carbocycles. The molecule has 0 bridgehead atoms. The maximum absolute atomic E-state index is 10.7. The van der Waals surface area contributed by atoms with Crippen LogP contribution in [0.5, 0.6) is 0 Å². The Hall–Kier alpha value is -1.33. The second kappa shape index (κ2) is 6.42. The van der Waals surface area contributed by atoms with Crippen LogP contribution < -0.4 is 5.32 Å². The zero-order valence-corrected chi connectivity index (χ0v) is 10.4. The first-order valence-electron chi connectivity index (χ1n) is 5.59. The van der Waals surface area contributed by atoms with Crippen molar-refractivity contribution in [2.24, 2.45) is 0 Å². The Balaban J connectivity index is 2.48. The van der Waals surface area contributed by atoms with E-state index in [1.807, 2.05) is 0 Å². The van der Waals surface area contributed by atoms with Crippen molar-refractivity contribution in [3.63, 3.8) is 0 Å². The van der Waals surface area contributed by atoms with Gasteiger partial charge in [-0.05, 0) is 26.3 Å². The van der Waals surface area contributed by atoms with Gasteiger partial charge in [-0.25, -0.2) is 4.79 Å². The number of hydrogen-bond acceptors (Lipinski definition) is 4. The summed E-state index contributed by atoms with van der Waals surface area (Å²) in [5.74, 6) is -0.399. The first-order chi connectivity index (χ1) is 8.04. The zero-order valence-electron chi connectivity index (χ0n) is 10.4. The molecule has 0 aromatic carbocycles. The molecule has 0 saturated heterocycles. The predicted molar refractivity (Wildman–Crippen MR) is 63.2 cm³/mol. The van der Waals surface area contributed by atoms with Crippen molar-refractivity contribution in [3.8, 4) is 0 Å². The van der Waals surface area contributed by atoms with Crippen LogP contribution in [0.4, 0.5) is 0 Å². The molecule has 0 radical (unpaired) electrons. The highest BCUT2D eigenvalue weighted by molar-refractivity contribution is 5.84. The summed E-state index contributed by atoms with van der Waals surface area (Å²) < 4.78 is 10.1. The van der Waals surface area contributed by atoms with Crippen LogP contribution in [-0.2, 0) is 11.3 Å². The molecule has 1 unspecified atom stereocenters. The van der Waals surface area contributed by atoms with Gasteiger partial charge in [-0.3, -0.25) is 0 Å². The van der Waals surface area contributed by atoms with Crippen molar-refractivity contribution in [1.82, 2.24) is 5.32 Å². The molecule has 0 aliphatic rings. The summed E-state index contributed by atoms with van der Waals surface area (Å²) >= 11 is 0. The Morgan fingerprint density at radius 1 is 1.65 bits per heavy atom. The molecule has 5 nitrogen and oxygen atoms in total. The minimum Gasteiger partial charge on any atom is -0.475 e. The fourth-order valence-corrected chi connectivity index (χ4v) is 1.48. The SMILES string of the molecule is COCCC(C)NCc1cc(C(=O)O)oc1C. The van der Waals surface area contributed by atoms with Crippen LogP contribution in [0, 0.1) is 6.92 Å². The molecule has 1 aromatic heterocycles. The zero-order chi connectivity index (χ0) is 12.8. The molecule has 1 atom stereocenters. The lowest BCUT2D eigenvalue weighted by molar-refractivity contribution is 0.0661. The maximum atomic E-state index is 10.7. The Morgan fingerprint density at radius 2 is 2.35 bits per heavy atom. The lowest BCUT2D eigenvalue weighted by Crippen LogP contribution is -2.26. The number of aryl methyl sites for hydroxylation is 1. The van der Waals surface area contributed by atoms with Gasteiger partial charge in [-0.1, -0.05) is 0 Å². The minimum absolute atomic E-state index is 0.0103. The topological polar surface area (TPSA) is 71.7 Å². The van der Waals surface area contributed by atoms with E-state index in [1.54, 1.807) is 20.1 Å². The van der Waals surface area contributed by atoms with E-state index in [0.717, 1.165) is 12.0 Å². The first-order valence-corrected chi connectivity index (χ1v) is 5.59. The highest BCUT2D eigenvalue weighted by Crippen LogP contribution is 2.14. The highest BCUT2D eigenvalue weighted by atomic mass is 16.5. The van der Waals surface area contributed by atoms with E-state index in [2.05, 4.69) is 12.2 Å². The molecule has 1 heterocycles. The third-order valence-corrected chi connectivity index (χ3v) is 2.63. The Morgan fingerprint density at radius 3 is 2.88 bits per heavy atom. The quantitative estimate of drug-likeness (QED) is 0.761. The second-order valence-electron chi connectivity index (χ2n) is 4.06. The van der Waals surface area contributed by atoms with Crippen molar-refractivity contribution in [2.75, 3.05) is 13.7 Å². The summed E-state index contributed by atoms with van der Waals surface area (Å²) in [6, 6.07) is 1.88. The van der Waals surface area contributed by atoms with Crippen LogP contribution in [0.2, 0.25) is 0 Å². The molecular formula is C12H19NO4. The summed E-state index contributed by atoms with van der Waals surface area (Å²) in [6.45, 7) is 5.14. The largest absolute Gasteiger partial charge is 0.475 e. The van der Waals surface area contributed by atoms with Gasteiger partial charge in [0.15, 0.2) is 0 Å². The second-order valence-corrected chi connectivity index (χ2v) is 4.06. The van der Waals surface area contributed by atoms with E-state index in [9.17, 15) is 4.79 Å². The van der Waals surface area contributed by atoms with E-state index in [1.165, 1.54) is 0 Å². The number of furan rings is 1. The van der Waals surface area contributed by atoms with Gasteiger partial charge >= 0.3 is 5.97 Å². The van der Waals surface area contributed by atoms with Crippen LogP contribution in [0.1, 0.15) is 35.2 Å². The maximum Gasteiger partial charge on any atom is 0.371 e. The van der Waals surface area contributed by atoms with Crippen LogP contribution in [0.15, 0.2) is 10.5 Å². The van der Waals surface area contributed by atoms with Gasteiger partial charge < -0.3 is 19.6 Å². The van der Waals surface area contributed by atoms with Gasteiger partial charge in [0, 0.05) is 31.9 Å². The van der Waals surface area contributed by atoms with Gasteiger partial charge in [0.2, 0.25) is 5.76 Å². The van der Waals surface area contributed by atoms with Crippen LogP contribution in [0.3, 0.4) is 0 Å². The van der Waals surface area contributed by atoms with Crippen molar-refractivity contribution in [1.29, 1.82) is 0 Å². The predicted octanol–water partition coefficient (Wildman–Crippen LogP) is 1.80. The molecular weight excluding hydrogens is 222 g/mol. The number of hydrogen-bond donors (Lipinski definition) is 2. The number of ether oxygens (including phenoxy) is 1. The minimum atomic E-state index is -1.04. The van der Waals surface area contributed by atoms with E-state index < -0.39 is 5.97 Å². The van der Waals surface area contributed by atoms with Crippen LogP contribution in [-0.4, -0.2) is 30.8 Å². The number of carbonyl (C=O) groups is 1. The standard InChI is InChI=1S/C12H19NO4/c1-8(4-5-16-3)13-7-10-6-11(12(14)15)17-9(10)2/h6,8,13H,4-5,7H2,1-3H3,(H,14,15). The molecule has 2 N–H and O–H groups in total. The van der Waals surface area contributed by atoms with Crippen LogP contribution in [0.25, 0.3) is 0 Å². The summed E-state index contributed by atoms with van der Waals surface area (Å²) in [6.07, 6.45) is 0.916. The number of rotatable bonds is 7. The lowest BCUT2D eigenvalue weighted by atomic mass is 10.2. The van der Waals surface area contributed by atoms with E-state index in [0.29, 0.717) is 25.0 Å². The van der Waals surface area contributed by atoms with E-state index in [4.69, 9.17) is 14.3 Å². The third-order valence-electron chi connectivity index (χ3n) is 2.63. The molecule has 0 amide bonds. The number of carboxylic acids is 1. The number of methoxy groups -OCH3 is 1. The monoisotopic (exact) mass is 241 g/mol. The molecule has 0 fully saturated rings. The highest BCUT2D eigenvalue weighted by Gasteiger charge is 2.13.